The second-order valence-corrected chi connectivity index (χ2v) is 7.33. The number of nitrogens with one attached hydrogen (secondary N) is 3. The maximum absolute atomic E-state index is 12.3. The zero-order chi connectivity index (χ0) is 17.7. The first-order valence-corrected chi connectivity index (χ1v) is 8.77. The van der Waals surface area contributed by atoms with Gasteiger partial charge in [-0.1, -0.05) is 6.92 Å². The molecule has 0 saturated carbocycles. The molecular weight excluding hydrogens is 338 g/mol. The Balaban J connectivity index is 0.00000312. The van der Waals surface area contributed by atoms with Crippen LogP contribution in [0.3, 0.4) is 0 Å². The molecule has 6 heteroatoms. The first-order chi connectivity index (χ1) is 11.3. The summed E-state index contributed by atoms with van der Waals surface area (Å²) in [5.41, 5.74) is 1.11. The van der Waals surface area contributed by atoms with Crippen LogP contribution < -0.4 is 16.0 Å². The summed E-state index contributed by atoms with van der Waals surface area (Å²) < 4.78 is 0. The lowest BCUT2D eigenvalue weighted by Crippen LogP contribution is -2.42. The van der Waals surface area contributed by atoms with Crippen molar-refractivity contribution in [1.29, 1.82) is 0 Å². The molecule has 0 unspecified atom stereocenters. The first-order valence-electron chi connectivity index (χ1n) is 8.77. The van der Waals surface area contributed by atoms with Gasteiger partial charge in [-0.3, -0.25) is 9.59 Å². The van der Waals surface area contributed by atoms with Crippen LogP contribution in [0, 0.1) is 5.92 Å². The van der Waals surface area contributed by atoms with E-state index < -0.39 is 0 Å². The van der Waals surface area contributed by atoms with E-state index in [1.807, 2.05) is 20.8 Å². The molecule has 1 fully saturated rings. The molecule has 0 spiro atoms. The normalized spacial score (nSPS) is 20.3. The zero-order valence-corrected chi connectivity index (χ0v) is 16.3. The standard InChI is InChI=1S/C19H29N3O2.ClH/c1-5-19(3,4)22-18(24)14-6-8-16(9-7-14)21-17(23)15-10-11-20-13(2)12-15;/h6-9,13,15,20H,5,10-12H2,1-4H3,(H,21,23)(H,22,24);1H/t13-,15-;/m0./s1. The van der Waals surface area contributed by atoms with Gasteiger partial charge in [0.1, 0.15) is 0 Å². The van der Waals surface area contributed by atoms with Crippen LogP contribution in [-0.2, 0) is 4.79 Å². The summed E-state index contributed by atoms with van der Waals surface area (Å²) in [4.78, 5) is 24.6. The average Bonchev–Trinajstić information content (AvgIpc) is 2.55. The minimum Gasteiger partial charge on any atom is -0.347 e. The average molecular weight is 368 g/mol. The number of hydrogen-bond acceptors (Lipinski definition) is 3. The third-order valence-corrected chi connectivity index (χ3v) is 4.74. The summed E-state index contributed by atoms with van der Waals surface area (Å²) in [6.45, 7) is 9.02. The first kappa shape index (κ1) is 21.5. The van der Waals surface area contributed by atoms with Gasteiger partial charge in [0.2, 0.25) is 5.91 Å². The highest BCUT2D eigenvalue weighted by atomic mass is 35.5. The van der Waals surface area contributed by atoms with Gasteiger partial charge in [-0.15, -0.1) is 12.4 Å². The molecule has 2 rings (SSSR count). The number of hydrogen-bond donors (Lipinski definition) is 3. The third kappa shape index (κ3) is 6.33. The second-order valence-electron chi connectivity index (χ2n) is 7.33. The smallest absolute Gasteiger partial charge is 0.251 e. The SMILES string of the molecule is CCC(C)(C)NC(=O)c1ccc(NC(=O)[C@H]2CCN[C@@H](C)C2)cc1.Cl. The molecule has 1 aromatic rings. The molecule has 140 valence electrons. The van der Waals surface area contributed by atoms with Gasteiger partial charge >= 0.3 is 0 Å². The van der Waals surface area contributed by atoms with Crippen molar-refractivity contribution in [3.63, 3.8) is 0 Å². The summed E-state index contributed by atoms with van der Waals surface area (Å²) in [5, 5.41) is 9.31. The Bertz CT molecular complexity index is 587. The molecule has 0 bridgehead atoms. The van der Waals surface area contributed by atoms with Crippen molar-refractivity contribution in [3.8, 4) is 0 Å². The van der Waals surface area contributed by atoms with Crippen molar-refractivity contribution in [2.75, 3.05) is 11.9 Å². The van der Waals surface area contributed by atoms with Gasteiger partial charge < -0.3 is 16.0 Å². The Morgan fingerprint density at radius 3 is 2.44 bits per heavy atom. The van der Waals surface area contributed by atoms with Crippen LogP contribution >= 0.6 is 12.4 Å². The molecule has 1 aromatic carbocycles. The highest BCUT2D eigenvalue weighted by Gasteiger charge is 2.24. The Hall–Kier alpha value is -1.59. The van der Waals surface area contributed by atoms with Gasteiger partial charge in [0, 0.05) is 28.7 Å². The molecule has 3 N–H and O–H groups in total. The number of rotatable bonds is 5. The minimum absolute atomic E-state index is 0. The van der Waals surface area contributed by atoms with Gasteiger partial charge in [0.25, 0.3) is 5.91 Å². The molecule has 0 aromatic heterocycles. The Morgan fingerprint density at radius 2 is 1.88 bits per heavy atom. The monoisotopic (exact) mass is 367 g/mol. The topological polar surface area (TPSA) is 70.2 Å². The fraction of sp³-hybridized carbons (Fsp3) is 0.579. The third-order valence-electron chi connectivity index (χ3n) is 4.74. The molecule has 1 aliphatic rings. The number of anilines is 1. The lowest BCUT2D eigenvalue weighted by molar-refractivity contribution is -0.120. The summed E-state index contributed by atoms with van der Waals surface area (Å²) in [5.74, 6) is 0.0224. The molecule has 2 atom stereocenters. The van der Waals surface area contributed by atoms with Crippen LogP contribution in [0.15, 0.2) is 24.3 Å². The van der Waals surface area contributed by atoms with E-state index in [2.05, 4.69) is 22.9 Å². The maximum Gasteiger partial charge on any atom is 0.251 e. The minimum atomic E-state index is -0.227. The van der Waals surface area contributed by atoms with Crippen LogP contribution in [0.1, 0.15) is 57.3 Å². The molecular formula is C19H30ClN3O2. The quantitative estimate of drug-likeness (QED) is 0.747. The van der Waals surface area contributed by atoms with Crippen molar-refractivity contribution in [2.24, 2.45) is 5.92 Å². The van der Waals surface area contributed by atoms with E-state index in [1.54, 1.807) is 24.3 Å². The highest BCUT2D eigenvalue weighted by Crippen LogP contribution is 2.19. The summed E-state index contributed by atoms with van der Waals surface area (Å²) in [6.07, 6.45) is 2.59. The van der Waals surface area contributed by atoms with E-state index in [-0.39, 0.29) is 35.7 Å². The van der Waals surface area contributed by atoms with E-state index in [0.717, 1.165) is 31.5 Å². The number of piperidine rings is 1. The van der Waals surface area contributed by atoms with Gasteiger partial charge in [0.15, 0.2) is 0 Å². The van der Waals surface area contributed by atoms with Crippen LogP contribution in [-0.4, -0.2) is 29.9 Å². The van der Waals surface area contributed by atoms with Crippen molar-refractivity contribution in [2.45, 2.75) is 58.5 Å². The molecule has 25 heavy (non-hydrogen) atoms. The fourth-order valence-corrected chi connectivity index (χ4v) is 2.79. The lowest BCUT2D eigenvalue weighted by atomic mass is 9.92. The van der Waals surface area contributed by atoms with E-state index in [0.29, 0.717) is 11.6 Å². The van der Waals surface area contributed by atoms with Crippen LogP contribution in [0.2, 0.25) is 0 Å². The predicted octanol–water partition coefficient (Wildman–Crippen LogP) is 3.35. The molecule has 1 aliphatic heterocycles. The van der Waals surface area contributed by atoms with E-state index in [4.69, 9.17) is 0 Å². The maximum atomic E-state index is 12.3. The molecule has 1 heterocycles. The van der Waals surface area contributed by atoms with Crippen LogP contribution in [0.4, 0.5) is 5.69 Å². The number of carbonyl (C=O) groups is 2. The summed E-state index contributed by atoms with van der Waals surface area (Å²) in [6, 6.07) is 7.46. The van der Waals surface area contributed by atoms with E-state index in [1.165, 1.54) is 0 Å². The lowest BCUT2D eigenvalue weighted by Gasteiger charge is -2.27. The number of benzene rings is 1. The summed E-state index contributed by atoms with van der Waals surface area (Å²) in [7, 11) is 0. The summed E-state index contributed by atoms with van der Waals surface area (Å²) >= 11 is 0. The van der Waals surface area contributed by atoms with Gasteiger partial charge in [-0.2, -0.15) is 0 Å². The van der Waals surface area contributed by atoms with Gasteiger partial charge in [0.05, 0.1) is 0 Å². The van der Waals surface area contributed by atoms with Crippen molar-refractivity contribution >= 4 is 29.9 Å². The van der Waals surface area contributed by atoms with Crippen molar-refractivity contribution in [3.05, 3.63) is 29.8 Å². The Kier molecular flexibility index (Phi) is 7.90. The van der Waals surface area contributed by atoms with E-state index >= 15 is 0 Å². The van der Waals surface area contributed by atoms with Crippen LogP contribution in [0.5, 0.6) is 0 Å². The number of amides is 2. The van der Waals surface area contributed by atoms with Crippen molar-refractivity contribution in [1.82, 2.24) is 10.6 Å². The molecule has 0 aliphatic carbocycles. The number of halogens is 1. The fourth-order valence-electron chi connectivity index (χ4n) is 2.79. The van der Waals surface area contributed by atoms with E-state index in [9.17, 15) is 9.59 Å². The van der Waals surface area contributed by atoms with Gasteiger partial charge in [-0.25, -0.2) is 0 Å². The van der Waals surface area contributed by atoms with Gasteiger partial charge in [-0.05, 0) is 70.8 Å². The molecule has 1 saturated heterocycles. The highest BCUT2D eigenvalue weighted by molar-refractivity contribution is 5.96. The zero-order valence-electron chi connectivity index (χ0n) is 15.5. The van der Waals surface area contributed by atoms with Crippen molar-refractivity contribution < 1.29 is 9.59 Å². The second kappa shape index (κ2) is 9.20. The molecule has 0 radical (unpaired) electrons. The molecule has 5 nitrogen and oxygen atoms in total. The predicted molar refractivity (Wildman–Crippen MR) is 104 cm³/mol. The molecule has 2 amide bonds. The van der Waals surface area contributed by atoms with Crippen LogP contribution in [0.25, 0.3) is 0 Å². The Morgan fingerprint density at radius 1 is 1.24 bits per heavy atom. The largest absolute Gasteiger partial charge is 0.347 e. The number of carbonyl (C=O) groups excluding carboxylic acids is 2. The Labute approximate surface area is 156 Å².